The second-order valence-corrected chi connectivity index (χ2v) is 7.37. The van der Waals surface area contributed by atoms with Crippen LogP contribution in [0.3, 0.4) is 0 Å². The summed E-state index contributed by atoms with van der Waals surface area (Å²) in [6, 6.07) is 16.4. The fraction of sp³-hybridized carbons (Fsp3) is 0.200. The number of hydrogen-bond acceptors (Lipinski definition) is 3. The van der Waals surface area contributed by atoms with Crippen molar-refractivity contribution in [2.24, 2.45) is 7.05 Å². The van der Waals surface area contributed by atoms with Crippen LogP contribution in [0.4, 0.5) is 0 Å². The van der Waals surface area contributed by atoms with Gasteiger partial charge in [-0.1, -0.05) is 36.4 Å². The van der Waals surface area contributed by atoms with Crippen molar-refractivity contribution in [2.75, 3.05) is 0 Å². The van der Waals surface area contributed by atoms with Gasteiger partial charge in [-0.05, 0) is 42.3 Å². The Morgan fingerprint density at radius 1 is 1.16 bits per heavy atom. The van der Waals surface area contributed by atoms with Gasteiger partial charge >= 0.3 is 0 Å². The molecule has 0 aliphatic rings. The number of nitrogens with zero attached hydrogens (tertiary/aromatic N) is 2. The molecule has 25 heavy (non-hydrogen) atoms. The summed E-state index contributed by atoms with van der Waals surface area (Å²) in [5, 5.41) is 10.9. The van der Waals surface area contributed by atoms with Gasteiger partial charge in [-0.15, -0.1) is 11.3 Å². The molecule has 126 valence electrons. The van der Waals surface area contributed by atoms with E-state index in [4.69, 9.17) is 0 Å². The highest BCUT2D eigenvalue weighted by atomic mass is 32.1. The summed E-state index contributed by atoms with van der Waals surface area (Å²) >= 11 is 1.48. The molecule has 1 unspecified atom stereocenters. The Hall–Kier alpha value is -2.66. The van der Waals surface area contributed by atoms with Crippen LogP contribution in [0.5, 0.6) is 0 Å². The SMILES string of the molecule is Cc1nn(C)c2sc(C(=O)NC(C)c3ccc4ccccc4c3)cc12. The maximum Gasteiger partial charge on any atom is 0.261 e. The molecule has 2 aromatic heterocycles. The van der Waals surface area contributed by atoms with E-state index in [1.54, 1.807) is 0 Å². The van der Waals surface area contributed by atoms with E-state index in [-0.39, 0.29) is 11.9 Å². The molecule has 0 radical (unpaired) electrons. The predicted octanol–water partition coefficient (Wildman–Crippen LogP) is 4.59. The zero-order valence-corrected chi connectivity index (χ0v) is 15.2. The van der Waals surface area contributed by atoms with E-state index in [1.807, 2.05) is 43.8 Å². The van der Waals surface area contributed by atoms with Gasteiger partial charge in [0, 0.05) is 12.4 Å². The lowest BCUT2D eigenvalue weighted by molar-refractivity contribution is 0.0944. The van der Waals surface area contributed by atoms with Crippen LogP contribution < -0.4 is 5.32 Å². The van der Waals surface area contributed by atoms with E-state index >= 15 is 0 Å². The Morgan fingerprint density at radius 2 is 1.92 bits per heavy atom. The van der Waals surface area contributed by atoms with Crippen LogP contribution in [0.1, 0.15) is 33.9 Å². The Bertz CT molecular complexity index is 1060. The first-order valence-corrected chi connectivity index (χ1v) is 9.07. The first-order chi connectivity index (χ1) is 12.0. The summed E-state index contributed by atoms with van der Waals surface area (Å²) < 4.78 is 1.83. The number of nitrogens with one attached hydrogen (secondary N) is 1. The second kappa shape index (κ2) is 6.01. The number of carbonyl (C=O) groups is 1. The van der Waals surface area contributed by atoms with Crippen molar-refractivity contribution in [1.82, 2.24) is 15.1 Å². The summed E-state index contributed by atoms with van der Waals surface area (Å²) in [4.78, 5) is 14.4. The summed E-state index contributed by atoms with van der Waals surface area (Å²) in [6.07, 6.45) is 0. The minimum atomic E-state index is -0.0541. The number of aryl methyl sites for hydroxylation is 2. The zero-order chi connectivity index (χ0) is 17.6. The molecule has 1 amide bonds. The third-order valence-electron chi connectivity index (χ3n) is 4.54. The fourth-order valence-corrected chi connectivity index (χ4v) is 4.17. The molecule has 0 saturated carbocycles. The molecule has 0 spiro atoms. The number of aromatic nitrogens is 2. The summed E-state index contributed by atoms with van der Waals surface area (Å²) in [5.74, 6) is -0.0405. The lowest BCUT2D eigenvalue weighted by Crippen LogP contribution is -2.25. The van der Waals surface area contributed by atoms with Gasteiger partial charge in [0.1, 0.15) is 4.83 Å². The molecular formula is C20H19N3OS. The molecule has 0 bridgehead atoms. The Morgan fingerprint density at radius 3 is 2.68 bits per heavy atom. The molecule has 2 heterocycles. The number of fused-ring (bicyclic) bond motifs is 2. The highest BCUT2D eigenvalue weighted by molar-refractivity contribution is 7.20. The lowest BCUT2D eigenvalue weighted by Gasteiger charge is -2.14. The van der Waals surface area contributed by atoms with Gasteiger partial charge in [0.2, 0.25) is 0 Å². The average molecular weight is 349 g/mol. The van der Waals surface area contributed by atoms with Crippen LogP contribution in [-0.2, 0) is 7.05 Å². The predicted molar refractivity (Wildman–Crippen MR) is 103 cm³/mol. The smallest absolute Gasteiger partial charge is 0.261 e. The Labute approximate surface area is 150 Å². The minimum absolute atomic E-state index is 0.0405. The molecule has 0 aliphatic heterocycles. The topological polar surface area (TPSA) is 46.9 Å². The number of rotatable bonds is 3. The minimum Gasteiger partial charge on any atom is -0.345 e. The van der Waals surface area contributed by atoms with Gasteiger partial charge in [-0.2, -0.15) is 5.10 Å². The van der Waals surface area contributed by atoms with Crippen LogP contribution in [0.25, 0.3) is 21.0 Å². The van der Waals surface area contributed by atoms with Crippen LogP contribution in [0.15, 0.2) is 48.5 Å². The molecule has 1 N–H and O–H groups in total. The van der Waals surface area contributed by atoms with Crippen LogP contribution in [0.2, 0.25) is 0 Å². The standard InChI is InChI=1S/C20H19N3OS/c1-12(15-9-8-14-6-4-5-7-16(14)10-15)21-19(24)18-11-17-13(2)22-23(3)20(17)25-18/h4-12H,1-3H3,(H,21,24). The number of thiophene rings is 1. The maximum absolute atomic E-state index is 12.7. The van der Waals surface area contributed by atoms with Crippen LogP contribution in [0, 0.1) is 6.92 Å². The van der Waals surface area contributed by atoms with E-state index in [0.29, 0.717) is 0 Å². The van der Waals surface area contributed by atoms with Crippen molar-refractivity contribution in [2.45, 2.75) is 19.9 Å². The molecular weight excluding hydrogens is 330 g/mol. The van der Waals surface area contributed by atoms with Crippen molar-refractivity contribution < 1.29 is 4.79 Å². The molecule has 4 aromatic rings. The number of benzene rings is 2. The summed E-state index contributed by atoms with van der Waals surface area (Å²) in [5.41, 5.74) is 2.06. The van der Waals surface area contributed by atoms with Crippen molar-refractivity contribution in [1.29, 1.82) is 0 Å². The molecule has 0 aliphatic carbocycles. The highest BCUT2D eigenvalue weighted by Gasteiger charge is 2.17. The van der Waals surface area contributed by atoms with E-state index in [9.17, 15) is 4.79 Å². The average Bonchev–Trinajstić information content (AvgIpc) is 3.16. The van der Waals surface area contributed by atoms with Crippen LogP contribution in [-0.4, -0.2) is 15.7 Å². The van der Waals surface area contributed by atoms with Crippen LogP contribution >= 0.6 is 11.3 Å². The third-order valence-corrected chi connectivity index (χ3v) is 5.74. The van der Waals surface area contributed by atoms with Gasteiger partial charge in [-0.25, -0.2) is 0 Å². The molecule has 0 fully saturated rings. The van der Waals surface area contributed by atoms with Gasteiger partial charge < -0.3 is 5.32 Å². The number of amides is 1. The van der Waals surface area contributed by atoms with Gasteiger partial charge in [0.15, 0.2) is 0 Å². The second-order valence-electron chi connectivity index (χ2n) is 6.34. The monoisotopic (exact) mass is 349 g/mol. The third kappa shape index (κ3) is 2.81. The number of carbonyl (C=O) groups excluding carboxylic acids is 1. The quantitative estimate of drug-likeness (QED) is 0.588. The first kappa shape index (κ1) is 15.8. The first-order valence-electron chi connectivity index (χ1n) is 8.25. The van der Waals surface area contributed by atoms with Crippen molar-refractivity contribution in [3.63, 3.8) is 0 Å². The van der Waals surface area contributed by atoms with E-state index in [0.717, 1.165) is 26.4 Å². The summed E-state index contributed by atoms with van der Waals surface area (Å²) in [6.45, 7) is 3.98. The highest BCUT2D eigenvalue weighted by Crippen LogP contribution is 2.28. The maximum atomic E-state index is 12.7. The van der Waals surface area contributed by atoms with Crippen molar-refractivity contribution in [3.05, 3.63) is 64.7 Å². The molecule has 2 aromatic carbocycles. The van der Waals surface area contributed by atoms with Gasteiger partial charge in [-0.3, -0.25) is 9.48 Å². The molecule has 5 heteroatoms. The molecule has 1 atom stereocenters. The molecule has 4 rings (SSSR count). The van der Waals surface area contributed by atoms with E-state index in [2.05, 4.69) is 40.7 Å². The van der Waals surface area contributed by atoms with E-state index < -0.39 is 0 Å². The van der Waals surface area contributed by atoms with Crippen molar-refractivity contribution in [3.8, 4) is 0 Å². The Balaban J connectivity index is 1.58. The largest absolute Gasteiger partial charge is 0.345 e. The van der Waals surface area contributed by atoms with Crippen molar-refractivity contribution >= 4 is 38.2 Å². The number of hydrogen-bond donors (Lipinski definition) is 1. The van der Waals surface area contributed by atoms with E-state index in [1.165, 1.54) is 22.1 Å². The lowest BCUT2D eigenvalue weighted by atomic mass is 10.0. The normalized spacial score (nSPS) is 12.6. The molecule has 0 saturated heterocycles. The Kier molecular flexibility index (Phi) is 3.81. The fourth-order valence-electron chi connectivity index (χ4n) is 3.15. The van der Waals surface area contributed by atoms with Gasteiger partial charge in [0.25, 0.3) is 5.91 Å². The van der Waals surface area contributed by atoms with Gasteiger partial charge in [0.05, 0.1) is 16.6 Å². The molecule has 4 nitrogen and oxygen atoms in total. The summed E-state index contributed by atoms with van der Waals surface area (Å²) in [7, 11) is 1.91. The zero-order valence-electron chi connectivity index (χ0n) is 14.4.